The maximum absolute atomic E-state index is 11.7. The molecular formula is C6H11FO4. The zero-order valence-electron chi connectivity index (χ0n) is 5.85. The highest BCUT2D eigenvalue weighted by molar-refractivity contribution is 4.85. The fraction of sp³-hybridized carbons (Fsp3) is 1.00. The number of rotatable bonds is 2. The van der Waals surface area contributed by atoms with Crippen LogP contribution in [0.25, 0.3) is 0 Å². The van der Waals surface area contributed by atoms with Crippen LogP contribution >= 0.6 is 0 Å². The molecule has 1 saturated heterocycles. The summed E-state index contributed by atoms with van der Waals surface area (Å²) in [6.45, 7) is -0.638. The molecular weight excluding hydrogens is 155 g/mol. The van der Waals surface area contributed by atoms with Crippen LogP contribution in [-0.4, -0.2) is 46.6 Å². The summed E-state index contributed by atoms with van der Waals surface area (Å²) in [5.74, 6) is 0. The molecule has 0 saturated carbocycles. The molecule has 0 radical (unpaired) electrons. The second-order valence-corrected chi connectivity index (χ2v) is 2.52. The Kier molecular flexibility index (Phi) is 2.78. The van der Waals surface area contributed by atoms with E-state index in [1.165, 1.54) is 0 Å². The molecule has 1 aliphatic heterocycles. The van der Waals surface area contributed by atoms with Crippen LogP contribution in [0.4, 0.5) is 4.39 Å². The molecule has 0 aromatic rings. The number of halogens is 1. The van der Waals surface area contributed by atoms with Gasteiger partial charge in [0.1, 0.15) is 12.2 Å². The van der Waals surface area contributed by atoms with Gasteiger partial charge in [-0.25, -0.2) is 0 Å². The standard InChI is InChI=1S/C6H11FO4/c7-2-1-3-4(8)5(9)6(10)11-3/h3-6,8-10H,1-2H2. The summed E-state index contributed by atoms with van der Waals surface area (Å²) in [7, 11) is 0. The summed E-state index contributed by atoms with van der Waals surface area (Å²) in [4.78, 5) is 0. The van der Waals surface area contributed by atoms with Crippen molar-refractivity contribution in [3.63, 3.8) is 0 Å². The fourth-order valence-corrected chi connectivity index (χ4v) is 1.08. The van der Waals surface area contributed by atoms with Gasteiger partial charge < -0.3 is 20.1 Å². The number of hydrogen-bond donors (Lipinski definition) is 3. The Hall–Kier alpha value is -0.230. The van der Waals surface area contributed by atoms with Gasteiger partial charge in [-0.3, -0.25) is 4.39 Å². The summed E-state index contributed by atoms with van der Waals surface area (Å²) in [6, 6.07) is 0. The lowest BCUT2D eigenvalue weighted by atomic mass is 10.1. The zero-order valence-corrected chi connectivity index (χ0v) is 5.85. The Morgan fingerprint density at radius 1 is 1.18 bits per heavy atom. The van der Waals surface area contributed by atoms with Crippen molar-refractivity contribution in [2.24, 2.45) is 0 Å². The van der Waals surface area contributed by atoms with Gasteiger partial charge in [0.25, 0.3) is 0 Å². The SMILES string of the molecule is OC1OC(CCF)C(O)C1O. The van der Waals surface area contributed by atoms with Crippen LogP contribution in [0.15, 0.2) is 0 Å². The molecule has 4 unspecified atom stereocenters. The van der Waals surface area contributed by atoms with E-state index < -0.39 is 31.3 Å². The molecule has 1 aliphatic rings. The molecule has 1 heterocycles. The summed E-state index contributed by atoms with van der Waals surface area (Å²) in [6.07, 6.45) is -4.67. The van der Waals surface area contributed by atoms with Crippen molar-refractivity contribution >= 4 is 0 Å². The quantitative estimate of drug-likeness (QED) is 0.481. The molecule has 0 amide bonds. The van der Waals surface area contributed by atoms with Gasteiger partial charge in [0.05, 0.1) is 12.8 Å². The predicted octanol–water partition coefficient (Wildman–Crippen LogP) is -1.22. The van der Waals surface area contributed by atoms with Gasteiger partial charge in [0, 0.05) is 6.42 Å². The molecule has 0 aromatic heterocycles. The third kappa shape index (κ3) is 1.67. The smallest absolute Gasteiger partial charge is 0.183 e. The monoisotopic (exact) mass is 166 g/mol. The van der Waals surface area contributed by atoms with Crippen LogP contribution < -0.4 is 0 Å². The Morgan fingerprint density at radius 3 is 2.18 bits per heavy atom. The highest BCUT2D eigenvalue weighted by Gasteiger charge is 2.41. The molecule has 66 valence electrons. The summed E-state index contributed by atoms with van der Waals surface area (Å²) in [5, 5.41) is 26.8. The molecule has 0 aliphatic carbocycles. The minimum Gasteiger partial charge on any atom is -0.387 e. The Labute approximate surface area is 63.2 Å². The Bertz CT molecular complexity index is 132. The van der Waals surface area contributed by atoms with E-state index in [9.17, 15) is 4.39 Å². The number of alkyl halides is 1. The van der Waals surface area contributed by atoms with Crippen molar-refractivity contribution in [1.82, 2.24) is 0 Å². The van der Waals surface area contributed by atoms with E-state index in [2.05, 4.69) is 4.74 Å². The first-order valence-electron chi connectivity index (χ1n) is 3.42. The van der Waals surface area contributed by atoms with E-state index in [1.807, 2.05) is 0 Å². The summed E-state index contributed by atoms with van der Waals surface area (Å²) >= 11 is 0. The maximum atomic E-state index is 11.7. The zero-order chi connectivity index (χ0) is 8.43. The van der Waals surface area contributed by atoms with Crippen molar-refractivity contribution < 1.29 is 24.4 Å². The highest BCUT2D eigenvalue weighted by atomic mass is 19.1. The summed E-state index contributed by atoms with van der Waals surface area (Å²) in [5.41, 5.74) is 0. The topological polar surface area (TPSA) is 69.9 Å². The lowest BCUT2D eigenvalue weighted by Crippen LogP contribution is -2.32. The Balaban J connectivity index is 2.45. The first-order chi connectivity index (χ1) is 5.16. The molecule has 0 bridgehead atoms. The van der Waals surface area contributed by atoms with E-state index in [4.69, 9.17) is 15.3 Å². The van der Waals surface area contributed by atoms with E-state index in [-0.39, 0.29) is 6.42 Å². The lowest BCUT2D eigenvalue weighted by Gasteiger charge is -2.11. The van der Waals surface area contributed by atoms with Gasteiger partial charge in [0.15, 0.2) is 6.29 Å². The molecule has 4 nitrogen and oxygen atoms in total. The van der Waals surface area contributed by atoms with Crippen molar-refractivity contribution in [2.75, 3.05) is 6.67 Å². The molecule has 5 heteroatoms. The van der Waals surface area contributed by atoms with Crippen molar-refractivity contribution in [3.8, 4) is 0 Å². The normalized spacial score (nSPS) is 44.7. The fourth-order valence-electron chi connectivity index (χ4n) is 1.08. The van der Waals surface area contributed by atoms with Gasteiger partial charge >= 0.3 is 0 Å². The third-order valence-electron chi connectivity index (χ3n) is 1.73. The average Bonchev–Trinajstić information content (AvgIpc) is 2.19. The molecule has 1 rings (SSSR count). The van der Waals surface area contributed by atoms with Crippen LogP contribution in [0.2, 0.25) is 0 Å². The van der Waals surface area contributed by atoms with Crippen LogP contribution in [-0.2, 0) is 4.74 Å². The number of aliphatic hydroxyl groups is 3. The van der Waals surface area contributed by atoms with Crippen LogP contribution in [0.1, 0.15) is 6.42 Å². The largest absolute Gasteiger partial charge is 0.387 e. The Morgan fingerprint density at radius 2 is 1.82 bits per heavy atom. The van der Waals surface area contributed by atoms with Crippen LogP contribution in [0.5, 0.6) is 0 Å². The minimum atomic E-state index is -1.39. The summed E-state index contributed by atoms with van der Waals surface area (Å²) < 4.78 is 16.4. The lowest BCUT2D eigenvalue weighted by molar-refractivity contribution is -0.128. The van der Waals surface area contributed by atoms with E-state index in [1.54, 1.807) is 0 Å². The van der Waals surface area contributed by atoms with E-state index in [0.717, 1.165) is 0 Å². The van der Waals surface area contributed by atoms with Crippen molar-refractivity contribution in [3.05, 3.63) is 0 Å². The first-order valence-corrected chi connectivity index (χ1v) is 3.42. The molecule has 1 fully saturated rings. The van der Waals surface area contributed by atoms with Gasteiger partial charge in [-0.15, -0.1) is 0 Å². The molecule has 3 N–H and O–H groups in total. The van der Waals surface area contributed by atoms with Crippen LogP contribution in [0.3, 0.4) is 0 Å². The van der Waals surface area contributed by atoms with Gasteiger partial charge in [-0.1, -0.05) is 0 Å². The first kappa shape index (κ1) is 8.86. The van der Waals surface area contributed by atoms with Crippen molar-refractivity contribution in [2.45, 2.75) is 31.0 Å². The van der Waals surface area contributed by atoms with Gasteiger partial charge in [-0.2, -0.15) is 0 Å². The van der Waals surface area contributed by atoms with Gasteiger partial charge in [0.2, 0.25) is 0 Å². The molecule has 11 heavy (non-hydrogen) atoms. The average molecular weight is 166 g/mol. The second kappa shape index (κ2) is 3.44. The maximum Gasteiger partial charge on any atom is 0.183 e. The second-order valence-electron chi connectivity index (χ2n) is 2.52. The number of hydrogen-bond acceptors (Lipinski definition) is 4. The number of ether oxygens (including phenoxy) is 1. The van der Waals surface area contributed by atoms with E-state index >= 15 is 0 Å². The predicted molar refractivity (Wildman–Crippen MR) is 33.5 cm³/mol. The number of aliphatic hydroxyl groups excluding tert-OH is 3. The highest BCUT2D eigenvalue weighted by Crippen LogP contribution is 2.21. The molecule has 0 spiro atoms. The molecule has 0 aromatic carbocycles. The van der Waals surface area contributed by atoms with Crippen molar-refractivity contribution in [1.29, 1.82) is 0 Å². The third-order valence-corrected chi connectivity index (χ3v) is 1.73. The van der Waals surface area contributed by atoms with Gasteiger partial charge in [-0.05, 0) is 0 Å². The minimum absolute atomic E-state index is 0.00468. The molecule has 4 atom stereocenters. The van der Waals surface area contributed by atoms with Crippen LogP contribution in [0, 0.1) is 0 Å². The van der Waals surface area contributed by atoms with E-state index in [0.29, 0.717) is 0 Å².